The van der Waals surface area contributed by atoms with Gasteiger partial charge in [-0.15, -0.1) is 0 Å². The number of aromatic nitrogens is 2. The van der Waals surface area contributed by atoms with Crippen LogP contribution in [-0.4, -0.2) is 9.13 Å². The lowest BCUT2D eigenvalue weighted by atomic mass is 10.0. The standard InChI is InChI=1S/C42H26N2O/c1-2-10-29(11-3-1)43-37-15-7-5-13-32(37)35-26-30(20-22-40(35)43)44-38-16-8-4-12-31(38)34-24-27(18-21-39(34)44)28-19-23-42-36(25-28)33-14-6-9-17-41(33)45-42/h1-26H. The van der Waals surface area contributed by atoms with Crippen LogP contribution in [0.2, 0.25) is 0 Å². The molecule has 3 nitrogen and oxygen atoms in total. The fourth-order valence-electron chi connectivity index (χ4n) is 7.29. The first-order valence-corrected chi connectivity index (χ1v) is 15.4. The Balaban J connectivity index is 1.19. The van der Waals surface area contributed by atoms with Crippen LogP contribution in [0.4, 0.5) is 0 Å². The largest absolute Gasteiger partial charge is 0.456 e. The third-order valence-corrected chi connectivity index (χ3v) is 9.31. The zero-order valence-corrected chi connectivity index (χ0v) is 24.3. The zero-order chi connectivity index (χ0) is 29.5. The van der Waals surface area contributed by atoms with Crippen LogP contribution in [0, 0.1) is 0 Å². The van der Waals surface area contributed by atoms with Gasteiger partial charge in [-0.2, -0.15) is 0 Å². The first-order valence-electron chi connectivity index (χ1n) is 15.4. The molecule has 3 aromatic heterocycles. The molecule has 0 unspecified atom stereocenters. The highest BCUT2D eigenvalue weighted by Gasteiger charge is 2.17. The van der Waals surface area contributed by atoms with Gasteiger partial charge in [0.1, 0.15) is 11.2 Å². The second-order valence-corrected chi connectivity index (χ2v) is 11.8. The van der Waals surface area contributed by atoms with E-state index in [4.69, 9.17) is 4.42 Å². The highest BCUT2D eigenvalue weighted by atomic mass is 16.3. The average molecular weight is 575 g/mol. The van der Waals surface area contributed by atoms with Gasteiger partial charge in [-0.1, -0.05) is 84.9 Å². The molecule has 45 heavy (non-hydrogen) atoms. The lowest BCUT2D eigenvalue weighted by Gasteiger charge is -2.10. The van der Waals surface area contributed by atoms with E-state index < -0.39 is 0 Å². The molecule has 0 amide bonds. The second kappa shape index (κ2) is 9.22. The second-order valence-electron chi connectivity index (χ2n) is 11.8. The van der Waals surface area contributed by atoms with Crippen LogP contribution >= 0.6 is 0 Å². The maximum absolute atomic E-state index is 6.10. The molecule has 0 aliphatic heterocycles. The number of nitrogens with zero attached hydrogens (tertiary/aromatic N) is 2. The van der Waals surface area contributed by atoms with Gasteiger partial charge in [0.2, 0.25) is 0 Å². The van der Waals surface area contributed by atoms with E-state index in [-0.39, 0.29) is 0 Å². The van der Waals surface area contributed by atoms with Gasteiger partial charge >= 0.3 is 0 Å². The topological polar surface area (TPSA) is 23.0 Å². The summed E-state index contributed by atoms with van der Waals surface area (Å²) in [6.45, 7) is 0. The minimum atomic E-state index is 0.918. The molecule has 10 aromatic rings. The summed E-state index contributed by atoms with van der Waals surface area (Å²) in [6, 6.07) is 56.6. The Hall–Kier alpha value is -6.06. The van der Waals surface area contributed by atoms with Crippen molar-refractivity contribution in [2.75, 3.05) is 0 Å². The van der Waals surface area contributed by atoms with Crippen molar-refractivity contribution >= 4 is 65.6 Å². The maximum Gasteiger partial charge on any atom is 0.135 e. The molecule has 0 spiro atoms. The highest BCUT2D eigenvalue weighted by Crippen LogP contribution is 2.39. The molecular weight excluding hydrogens is 548 g/mol. The molecule has 0 saturated heterocycles. The van der Waals surface area contributed by atoms with E-state index in [1.807, 2.05) is 12.1 Å². The van der Waals surface area contributed by atoms with Crippen molar-refractivity contribution in [3.63, 3.8) is 0 Å². The molecule has 0 atom stereocenters. The third-order valence-electron chi connectivity index (χ3n) is 9.31. The fraction of sp³-hybridized carbons (Fsp3) is 0. The molecule has 0 fully saturated rings. The molecule has 3 heterocycles. The average Bonchev–Trinajstić information content (AvgIpc) is 3.75. The summed E-state index contributed by atoms with van der Waals surface area (Å²) in [6.07, 6.45) is 0. The van der Waals surface area contributed by atoms with Gasteiger partial charge in [0.05, 0.1) is 22.1 Å². The van der Waals surface area contributed by atoms with Crippen molar-refractivity contribution < 1.29 is 4.42 Å². The van der Waals surface area contributed by atoms with Gasteiger partial charge in [-0.05, 0) is 83.9 Å². The zero-order valence-electron chi connectivity index (χ0n) is 24.3. The van der Waals surface area contributed by atoms with Gasteiger partial charge in [-0.25, -0.2) is 0 Å². The van der Waals surface area contributed by atoms with Crippen LogP contribution in [0.5, 0.6) is 0 Å². The molecule has 210 valence electrons. The van der Waals surface area contributed by atoms with Crippen LogP contribution in [0.15, 0.2) is 162 Å². The first kappa shape index (κ1) is 24.4. The SMILES string of the molecule is c1ccc(-n2c3ccccc3c3cc(-n4c5ccccc5c5cc(-c6ccc7oc8ccccc8c7c6)ccc54)ccc32)cc1. The Labute approximate surface area is 258 Å². The van der Waals surface area contributed by atoms with E-state index in [0.717, 1.165) is 27.6 Å². The molecule has 0 bridgehead atoms. The summed E-state index contributed by atoms with van der Waals surface area (Å²) in [5.74, 6) is 0. The van der Waals surface area contributed by atoms with E-state index >= 15 is 0 Å². The Morgan fingerprint density at radius 3 is 1.58 bits per heavy atom. The number of hydrogen-bond donors (Lipinski definition) is 0. The summed E-state index contributed by atoms with van der Waals surface area (Å²) in [4.78, 5) is 0. The van der Waals surface area contributed by atoms with Crippen LogP contribution < -0.4 is 0 Å². The Morgan fingerprint density at radius 1 is 0.311 bits per heavy atom. The van der Waals surface area contributed by atoms with Crippen molar-refractivity contribution in [2.45, 2.75) is 0 Å². The molecule has 0 saturated carbocycles. The normalized spacial score (nSPS) is 12.0. The maximum atomic E-state index is 6.10. The minimum Gasteiger partial charge on any atom is -0.456 e. The van der Waals surface area contributed by atoms with E-state index in [0.29, 0.717) is 0 Å². The summed E-state index contributed by atoms with van der Waals surface area (Å²) >= 11 is 0. The molecule has 0 radical (unpaired) electrons. The molecule has 7 aromatic carbocycles. The fourth-order valence-corrected chi connectivity index (χ4v) is 7.29. The molecule has 3 heteroatoms. The highest BCUT2D eigenvalue weighted by molar-refractivity contribution is 6.13. The molecular formula is C42H26N2O. The van der Waals surface area contributed by atoms with E-state index in [9.17, 15) is 0 Å². The van der Waals surface area contributed by atoms with Gasteiger partial charge in [0.25, 0.3) is 0 Å². The number of para-hydroxylation sites is 4. The smallest absolute Gasteiger partial charge is 0.135 e. The number of hydrogen-bond acceptors (Lipinski definition) is 1. The molecule has 0 aliphatic carbocycles. The lowest BCUT2D eigenvalue weighted by Crippen LogP contribution is -1.95. The third kappa shape index (κ3) is 3.52. The Bertz CT molecular complexity index is 2760. The summed E-state index contributed by atoms with van der Waals surface area (Å²) < 4.78 is 10.9. The molecule has 10 rings (SSSR count). The van der Waals surface area contributed by atoms with Gasteiger partial charge in [0, 0.05) is 43.7 Å². The molecule has 0 N–H and O–H groups in total. The van der Waals surface area contributed by atoms with E-state index in [2.05, 4.69) is 155 Å². The van der Waals surface area contributed by atoms with Crippen LogP contribution in [-0.2, 0) is 0 Å². The van der Waals surface area contributed by atoms with Crippen molar-refractivity contribution in [1.82, 2.24) is 9.13 Å². The van der Waals surface area contributed by atoms with Crippen LogP contribution in [0.1, 0.15) is 0 Å². The van der Waals surface area contributed by atoms with Gasteiger partial charge in [0.15, 0.2) is 0 Å². The monoisotopic (exact) mass is 574 g/mol. The Morgan fingerprint density at radius 2 is 0.822 bits per heavy atom. The quantitative estimate of drug-likeness (QED) is 0.206. The summed E-state index contributed by atoms with van der Waals surface area (Å²) in [5.41, 5.74) is 11.4. The predicted octanol–water partition coefficient (Wildman–Crippen LogP) is 11.4. The number of fused-ring (bicyclic) bond motifs is 9. The van der Waals surface area contributed by atoms with Crippen molar-refractivity contribution in [3.8, 4) is 22.5 Å². The van der Waals surface area contributed by atoms with Crippen LogP contribution in [0.25, 0.3) is 88.1 Å². The van der Waals surface area contributed by atoms with Crippen molar-refractivity contribution in [3.05, 3.63) is 158 Å². The number of benzene rings is 7. The van der Waals surface area contributed by atoms with E-state index in [1.165, 1.54) is 60.4 Å². The van der Waals surface area contributed by atoms with E-state index in [1.54, 1.807) is 0 Å². The summed E-state index contributed by atoms with van der Waals surface area (Å²) in [7, 11) is 0. The molecule has 0 aliphatic rings. The summed E-state index contributed by atoms with van der Waals surface area (Å²) in [5, 5.41) is 7.28. The van der Waals surface area contributed by atoms with Gasteiger partial charge in [-0.3, -0.25) is 0 Å². The van der Waals surface area contributed by atoms with Crippen molar-refractivity contribution in [1.29, 1.82) is 0 Å². The number of furan rings is 1. The van der Waals surface area contributed by atoms with Crippen LogP contribution in [0.3, 0.4) is 0 Å². The first-order chi connectivity index (χ1) is 22.3. The van der Waals surface area contributed by atoms with Crippen molar-refractivity contribution in [2.24, 2.45) is 0 Å². The lowest BCUT2D eigenvalue weighted by molar-refractivity contribution is 0.669. The number of rotatable bonds is 3. The predicted molar refractivity (Wildman–Crippen MR) is 188 cm³/mol. The Kier molecular flexibility index (Phi) is 5.00. The minimum absolute atomic E-state index is 0.918. The van der Waals surface area contributed by atoms with Gasteiger partial charge < -0.3 is 13.6 Å².